The molecule has 0 aliphatic carbocycles. The molecule has 0 saturated carbocycles. The Kier molecular flexibility index (Phi) is 43.9. The summed E-state index contributed by atoms with van der Waals surface area (Å²) in [5.41, 5.74) is 4.78. The van der Waals surface area contributed by atoms with E-state index in [9.17, 15) is 74.3 Å². The number of rotatable bonds is 49. The van der Waals surface area contributed by atoms with Crippen LogP contribution >= 0.6 is 31.9 Å². The lowest BCUT2D eigenvalue weighted by atomic mass is 10.1. The average molecular weight is 1870 g/mol. The Balaban J connectivity index is 1.47. The molecular formula is C86H102Br2F6N12O18. The van der Waals surface area contributed by atoms with Gasteiger partial charge in [-0.2, -0.15) is 26.3 Å². The van der Waals surface area contributed by atoms with E-state index in [1.54, 1.807) is 102 Å². The number of aromatic nitrogens is 4. The zero-order chi connectivity index (χ0) is 90.7. The van der Waals surface area contributed by atoms with Crippen LogP contribution in [0.2, 0.25) is 0 Å². The zero-order valence-corrected chi connectivity index (χ0v) is 73.5. The van der Waals surface area contributed by atoms with Crippen molar-refractivity contribution in [1.29, 1.82) is 0 Å². The van der Waals surface area contributed by atoms with Gasteiger partial charge >= 0.3 is 71.9 Å². The summed E-state index contributed by atoms with van der Waals surface area (Å²) in [5, 5.41) is 3.62. The van der Waals surface area contributed by atoms with Gasteiger partial charge in [-0.15, -0.1) is 0 Å². The molecule has 670 valence electrons. The maximum absolute atomic E-state index is 13.2. The normalized spacial score (nSPS) is 11.4. The summed E-state index contributed by atoms with van der Waals surface area (Å²) in [7, 11) is 0. The first-order valence-corrected chi connectivity index (χ1v) is 41.6. The van der Waals surface area contributed by atoms with Crippen LogP contribution in [0.3, 0.4) is 0 Å². The van der Waals surface area contributed by atoms with Gasteiger partial charge in [0.25, 0.3) is 0 Å². The number of ether oxygens (including phenoxy) is 8. The molecule has 0 aliphatic rings. The van der Waals surface area contributed by atoms with E-state index in [1.807, 2.05) is 27.7 Å². The van der Waals surface area contributed by atoms with E-state index in [4.69, 9.17) is 57.8 Å². The summed E-state index contributed by atoms with van der Waals surface area (Å²) >= 11 is 7.34. The number of carbonyl (C=O) groups is 10. The van der Waals surface area contributed by atoms with E-state index in [1.165, 1.54) is 58.3 Å². The van der Waals surface area contributed by atoms with Crippen molar-refractivity contribution in [2.75, 3.05) is 129 Å². The first-order chi connectivity index (χ1) is 59.1. The molecule has 0 unspecified atom stereocenters. The predicted octanol–water partition coefficient (Wildman–Crippen LogP) is 10.6. The molecule has 38 heteroatoms. The largest absolute Gasteiger partial charge is 0.471 e. The van der Waals surface area contributed by atoms with Crippen LogP contribution in [-0.4, -0.2) is 240 Å². The number of unbranched alkanes of at least 4 members (excludes halogenated alkanes) is 3. The van der Waals surface area contributed by atoms with Gasteiger partial charge in [-0.05, 0) is 178 Å². The number of benzene rings is 2. The smallest absolute Gasteiger partial charge is 0.465 e. The van der Waals surface area contributed by atoms with E-state index >= 15 is 0 Å². The van der Waals surface area contributed by atoms with Gasteiger partial charge in [-0.25, -0.2) is 0 Å². The summed E-state index contributed by atoms with van der Waals surface area (Å²) in [6.45, 7) is 12.6. The topological polar surface area (TPSA) is 340 Å². The molecule has 0 atom stereocenters. The summed E-state index contributed by atoms with van der Waals surface area (Å²) in [6.07, 6.45) is -7.96. The Hall–Kier alpha value is -10.8. The highest BCUT2D eigenvalue weighted by Gasteiger charge is 2.40. The van der Waals surface area contributed by atoms with Crippen LogP contribution in [-0.2, 0) is 138 Å². The Labute approximate surface area is 732 Å². The molecule has 0 aliphatic heterocycles. The number of carbonyl (C=O) groups excluding carboxylic acids is 10. The molecule has 6 aromatic rings. The molecule has 124 heavy (non-hydrogen) atoms. The summed E-state index contributed by atoms with van der Waals surface area (Å²) < 4.78 is 123. The quantitative estimate of drug-likeness (QED) is 0.0118. The highest BCUT2D eigenvalue weighted by molar-refractivity contribution is 9.10. The summed E-state index contributed by atoms with van der Waals surface area (Å²) in [5.74, 6) is 3.11. The minimum absolute atomic E-state index is 0.0346. The van der Waals surface area contributed by atoms with Gasteiger partial charge in [0.1, 0.15) is 0 Å². The zero-order valence-electron chi connectivity index (χ0n) is 70.3. The number of anilines is 2. The summed E-state index contributed by atoms with van der Waals surface area (Å²) in [6, 6.07) is 24.6. The minimum atomic E-state index is -5.15. The van der Waals surface area contributed by atoms with Crippen molar-refractivity contribution in [3.63, 3.8) is 0 Å². The molecule has 0 spiro atoms. The van der Waals surface area contributed by atoms with Crippen LogP contribution in [0.25, 0.3) is 0 Å². The number of alkyl halides is 6. The third-order valence-electron chi connectivity index (χ3n) is 17.2. The lowest BCUT2D eigenvalue weighted by Crippen LogP contribution is -2.36. The van der Waals surface area contributed by atoms with Crippen molar-refractivity contribution in [2.45, 2.75) is 146 Å². The van der Waals surface area contributed by atoms with Gasteiger partial charge in [0.05, 0.1) is 151 Å². The van der Waals surface area contributed by atoms with E-state index in [-0.39, 0.29) is 169 Å². The molecule has 4 heterocycles. The molecule has 0 fully saturated rings. The second-order valence-electron chi connectivity index (χ2n) is 27.6. The number of halogens is 8. The molecular weight excluding hydrogens is 1760 g/mol. The Morgan fingerprint density at radius 3 is 0.694 bits per heavy atom. The van der Waals surface area contributed by atoms with Crippen molar-refractivity contribution < 1.29 is 112 Å². The van der Waals surface area contributed by atoms with Gasteiger partial charge in [0.2, 0.25) is 0 Å². The highest BCUT2D eigenvalue weighted by Crippen LogP contribution is 2.25. The molecule has 2 aromatic carbocycles. The van der Waals surface area contributed by atoms with Crippen LogP contribution in [0.15, 0.2) is 106 Å². The van der Waals surface area contributed by atoms with Gasteiger partial charge in [0, 0.05) is 94.9 Å². The third-order valence-corrected chi connectivity index (χ3v) is 18.1. The SMILES string of the molecule is CCOC(=O)CN(CC(=O)OCC)Cc1cc(Br)cc(CN(CCCCCCN(Cc2cc(C#Cc3ccc(NC(=O)C(F)(F)F)cc3)cc(CN(CC(=O)OCC)CC(=O)OCC)n2)Cc2cc(C#Cc3ccc(NC(=O)C(F)(F)F)cc3)cc(CN(CC(=O)OCC)CC(=O)OCC)n2)Cc2cc(Br)cc(CN(CC(=O)OCC)CC(=O)OCC)n2)n1. The second-order valence-corrected chi connectivity index (χ2v) is 29.5. The van der Waals surface area contributed by atoms with E-state index < -0.39 is 71.9 Å². The van der Waals surface area contributed by atoms with Gasteiger partial charge in [-0.1, -0.05) is 68.4 Å². The third kappa shape index (κ3) is 39.8. The number of amides is 2. The van der Waals surface area contributed by atoms with Gasteiger partial charge < -0.3 is 48.5 Å². The Morgan fingerprint density at radius 2 is 0.492 bits per heavy atom. The summed E-state index contributed by atoms with van der Waals surface area (Å²) in [4.78, 5) is 158. The Morgan fingerprint density at radius 1 is 0.298 bits per heavy atom. The standard InChI is InChI=1S/C86H102Br2F6N12O18/c1-9-117-75(107)51-103(52-76(108)118-10-2)47-69-37-61(23-21-59-25-29-65(30-26-59)99-83(115)85(89,90)91)35-67(95-69)43-101(44-68-36-62(24-22-60-27-31-66(32-28-60)100-84(116)86(92,93)94)38-70(96-68)48-104(53-77(109)119-11-3)54-78(110)120-12-4)33-19-17-18-20-34-102(45-71-39-63(87)41-73(97-71)49-105(55-79(111)121-13-5)56-80(112)122-14-6)46-72-40-64(88)42-74(98-72)50-106(57-81(113)123-15-7)58-82(114)124-16-8/h25-32,35-42H,9-20,33-34,43-58H2,1-8H3,(H,99,115)(H,100,116). The number of pyridine rings is 4. The number of nitrogens with zero attached hydrogens (tertiary/aromatic N) is 10. The van der Waals surface area contributed by atoms with Crippen molar-refractivity contribution >= 4 is 103 Å². The van der Waals surface area contributed by atoms with E-state index in [2.05, 4.69) is 60.4 Å². The molecule has 30 nitrogen and oxygen atoms in total. The minimum Gasteiger partial charge on any atom is -0.465 e. The van der Waals surface area contributed by atoms with Crippen molar-refractivity contribution in [3.05, 3.63) is 174 Å². The first kappa shape index (κ1) is 102. The molecule has 4 aromatic heterocycles. The fourth-order valence-corrected chi connectivity index (χ4v) is 13.4. The lowest BCUT2D eigenvalue weighted by Gasteiger charge is -2.25. The molecule has 0 bridgehead atoms. The van der Waals surface area contributed by atoms with Crippen LogP contribution in [0.5, 0.6) is 0 Å². The first-order valence-electron chi connectivity index (χ1n) is 40.1. The maximum atomic E-state index is 13.2. The van der Waals surface area contributed by atoms with Crippen molar-refractivity contribution in [1.82, 2.24) is 49.3 Å². The maximum Gasteiger partial charge on any atom is 0.471 e. The van der Waals surface area contributed by atoms with Crippen LogP contribution in [0.4, 0.5) is 37.7 Å². The molecule has 0 saturated heterocycles. The number of esters is 8. The molecule has 6 rings (SSSR count). The van der Waals surface area contributed by atoms with Gasteiger partial charge in [-0.3, -0.25) is 97.3 Å². The van der Waals surface area contributed by atoms with Crippen LogP contribution < -0.4 is 10.6 Å². The van der Waals surface area contributed by atoms with Crippen molar-refractivity contribution in [2.24, 2.45) is 0 Å². The fourth-order valence-electron chi connectivity index (χ4n) is 12.3. The number of hydrogen-bond donors (Lipinski definition) is 2. The molecule has 2 amide bonds. The second kappa shape index (κ2) is 53.4. The lowest BCUT2D eigenvalue weighted by molar-refractivity contribution is -0.167. The van der Waals surface area contributed by atoms with Crippen molar-refractivity contribution in [3.8, 4) is 23.7 Å². The number of nitrogens with one attached hydrogen (secondary N) is 2. The highest BCUT2D eigenvalue weighted by atomic mass is 79.9. The van der Waals surface area contributed by atoms with E-state index in [0.29, 0.717) is 116 Å². The predicted molar refractivity (Wildman–Crippen MR) is 447 cm³/mol. The van der Waals surface area contributed by atoms with E-state index in [0.717, 1.165) is 0 Å². The van der Waals surface area contributed by atoms with Gasteiger partial charge in [0.15, 0.2) is 0 Å². The fraction of sp³-hybridized carbons (Fsp3) is 0.465. The van der Waals surface area contributed by atoms with Crippen LogP contribution in [0, 0.1) is 23.7 Å². The molecule has 2 N–H and O–H groups in total. The average Bonchev–Trinajstić information content (AvgIpc) is 0.844. The molecule has 0 radical (unpaired) electrons. The monoisotopic (exact) mass is 1860 g/mol. The number of hydrogen-bond acceptors (Lipinski definition) is 28. The Bertz CT molecular complexity index is 4340. The van der Waals surface area contributed by atoms with Crippen LogP contribution in [0.1, 0.15) is 149 Å².